The SMILES string of the molecule is CC(Cc1cccc2ccn(C(C)C)c12)C(=O)O. The van der Waals surface area contributed by atoms with Crippen molar-refractivity contribution in [2.45, 2.75) is 33.2 Å². The number of hydrogen-bond acceptors (Lipinski definition) is 1. The van der Waals surface area contributed by atoms with Crippen LogP contribution in [0.4, 0.5) is 0 Å². The number of hydrogen-bond donors (Lipinski definition) is 1. The van der Waals surface area contributed by atoms with Gasteiger partial charge in [0.15, 0.2) is 0 Å². The van der Waals surface area contributed by atoms with E-state index in [2.05, 4.69) is 36.7 Å². The quantitative estimate of drug-likeness (QED) is 0.896. The van der Waals surface area contributed by atoms with E-state index in [1.165, 1.54) is 10.9 Å². The van der Waals surface area contributed by atoms with Crippen molar-refractivity contribution in [3.8, 4) is 0 Å². The summed E-state index contributed by atoms with van der Waals surface area (Å²) in [4.78, 5) is 11.0. The lowest BCUT2D eigenvalue weighted by Crippen LogP contribution is -2.13. The molecule has 0 aliphatic carbocycles. The summed E-state index contributed by atoms with van der Waals surface area (Å²) in [5.41, 5.74) is 2.28. The smallest absolute Gasteiger partial charge is 0.306 e. The fourth-order valence-corrected chi connectivity index (χ4v) is 2.31. The van der Waals surface area contributed by atoms with Crippen LogP contribution < -0.4 is 0 Å². The lowest BCUT2D eigenvalue weighted by atomic mass is 9.99. The molecule has 0 spiro atoms. The maximum absolute atomic E-state index is 11.0. The highest BCUT2D eigenvalue weighted by Crippen LogP contribution is 2.25. The van der Waals surface area contributed by atoms with Gasteiger partial charge in [0.2, 0.25) is 0 Å². The van der Waals surface area contributed by atoms with Gasteiger partial charge in [0.25, 0.3) is 0 Å². The van der Waals surface area contributed by atoms with Crippen LogP contribution in [0.15, 0.2) is 30.5 Å². The van der Waals surface area contributed by atoms with Crippen molar-refractivity contribution in [3.63, 3.8) is 0 Å². The largest absolute Gasteiger partial charge is 0.481 e. The Morgan fingerprint density at radius 3 is 2.61 bits per heavy atom. The average molecular weight is 245 g/mol. The summed E-state index contributed by atoms with van der Waals surface area (Å²) in [6.07, 6.45) is 2.65. The number of aromatic nitrogens is 1. The third kappa shape index (κ3) is 2.26. The molecule has 0 saturated carbocycles. The third-order valence-electron chi connectivity index (χ3n) is 3.33. The third-order valence-corrected chi connectivity index (χ3v) is 3.33. The van der Waals surface area contributed by atoms with Gasteiger partial charge in [0.05, 0.1) is 11.4 Å². The first-order chi connectivity index (χ1) is 8.50. The van der Waals surface area contributed by atoms with Gasteiger partial charge in [-0.25, -0.2) is 0 Å². The van der Waals surface area contributed by atoms with E-state index in [9.17, 15) is 4.79 Å². The lowest BCUT2D eigenvalue weighted by molar-refractivity contribution is -0.141. The van der Waals surface area contributed by atoms with Gasteiger partial charge >= 0.3 is 5.97 Å². The zero-order valence-corrected chi connectivity index (χ0v) is 11.1. The Morgan fingerprint density at radius 1 is 1.28 bits per heavy atom. The molecule has 1 aromatic carbocycles. The predicted molar refractivity (Wildman–Crippen MR) is 72.8 cm³/mol. The second-order valence-electron chi connectivity index (χ2n) is 5.12. The highest BCUT2D eigenvalue weighted by molar-refractivity contribution is 5.84. The fourth-order valence-electron chi connectivity index (χ4n) is 2.31. The van der Waals surface area contributed by atoms with Crippen molar-refractivity contribution < 1.29 is 9.90 Å². The Bertz CT molecular complexity index is 569. The van der Waals surface area contributed by atoms with Crippen LogP contribution in [0.5, 0.6) is 0 Å². The number of benzene rings is 1. The summed E-state index contributed by atoms with van der Waals surface area (Å²) in [6.45, 7) is 6.03. The fraction of sp³-hybridized carbons (Fsp3) is 0.400. The lowest BCUT2D eigenvalue weighted by Gasteiger charge is -2.14. The first-order valence-electron chi connectivity index (χ1n) is 6.32. The van der Waals surface area contributed by atoms with Gasteiger partial charge in [-0.15, -0.1) is 0 Å². The predicted octanol–water partition coefficient (Wildman–Crippen LogP) is 3.49. The molecule has 2 aromatic rings. The van der Waals surface area contributed by atoms with E-state index in [-0.39, 0.29) is 5.92 Å². The van der Waals surface area contributed by atoms with Gasteiger partial charge in [-0.05, 0) is 37.3 Å². The monoisotopic (exact) mass is 245 g/mol. The molecule has 3 heteroatoms. The molecule has 1 atom stereocenters. The average Bonchev–Trinajstić information content (AvgIpc) is 2.73. The number of carboxylic acid groups (broad SMARTS) is 1. The van der Waals surface area contributed by atoms with E-state index in [0.717, 1.165) is 5.56 Å². The van der Waals surface area contributed by atoms with Crippen LogP contribution in [0.25, 0.3) is 10.9 Å². The Kier molecular flexibility index (Phi) is 3.41. The summed E-state index contributed by atoms with van der Waals surface area (Å²) in [6, 6.07) is 8.56. The molecule has 0 aliphatic rings. The molecule has 0 saturated heterocycles. The highest BCUT2D eigenvalue weighted by Gasteiger charge is 2.15. The van der Waals surface area contributed by atoms with Crippen LogP contribution in [0.1, 0.15) is 32.4 Å². The Labute approximate surface area is 107 Å². The van der Waals surface area contributed by atoms with Gasteiger partial charge in [-0.3, -0.25) is 4.79 Å². The minimum Gasteiger partial charge on any atom is -0.481 e. The molecule has 0 fully saturated rings. The van der Waals surface area contributed by atoms with E-state index < -0.39 is 5.97 Å². The second-order valence-corrected chi connectivity index (χ2v) is 5.12. The highest BCUT2D eigenvalue weighted by atomic mass is 16.4. The number of nitrogens with zero attached hydrogens (tertiary/aromatic N) is 1. The molecule has 1 unspecified atom stereocenters. The molecule has 1 aromatic heterocycles. The molecule has 0 bridgehead atoms. The maximum Gasteiger partial charge on any atom is 0.306 e. The van der Waals surface area contributed by atoms with Crippen molar-refractivity contribution in [2.75, 3.05) is 0 Å². The van der Waals surface area contributed by atoms with Crippen molar-refractivity contribution in [1.29, 1.82) is 0 Å². The molecule has 1 heterocycles. The van der Waals surface area contributed by atoms with Crippen LogP contribution in [0.3, 0.4) is 0 Å². The minimum atomic E-state index is -0.741. The molecule has 96 valence electrons. The zero-order chi connectivity index (χ0) is 13.3. The van der Waals surface area contributed by atoms with Crippen molar-refractivity contribution in [1.82, 2.24) is 4.57 Å². The van der Waals surface area contributed by atoms with Crippen LogP contribution >= 0.6 is 0 Å². The van der Waals surface area contributed by atoms with Crippen molar-refractivity contribution in [2.24, 2.45) is 5.92 Å². The molecule has 2 rings (SSSR count). The Balaban J connectivity index is 2.49. The van der Waals surface area contributed by atoms with E-state index in [0.29, 0.717) is 12.5 Å². The van der Waals surface area contributed by atoms with Gasteiger partial charge in [0.1, 0.15) is 0 Å². The van der Waals surface area contributed by atoms with Crippen LogP contribution in [0, 0.1) is 5.92 Å². The molecule has 1 N–H and O–H groups in total. The zero-order valence-electron chi connectivity index (χ0n) is 11.1. The first kappa shape index (κ1) is 12.7. The Hall–Kier alpha value is -1.77. The van der Waals surface area contributed by atoms with Gasteiger partial charge in [0, 0.05) is 12.2 Å². The summed E-state index contributed by atoms with van der Waals surface area (Å²) >= 11 is 0. The number of carbonyl (C=O) groups is 1. The molecular formula is C15H19NO2. The second kappa shape index (κ2) is 4.84. The van der Waals surface area contributed by atoms with Gasteiger partial charge in [-0.1, -0.05) is 25.1 Å². The van der Waals surface area contributed by atoms with Crippen LogP contribution in [-0.2, 0) is 11.2 Å². The summed E-state index contributed by atoms with van der Waals surface area (Å²) in [5.74, 6) is -1.10. The molecule has 0 amide bonds. The van der Waals surface area contributed by atoms with Gasteiger partial charge < -0.3 is 9.67 Å². The number of aliphatic carboxylic acids is 1. The molecular weight excluding hydrogens is 226 g/mol. The summed E-state index contributed by atoms with van der Waals surface area (Å²) in [5, 5.41) is 10.2. The molecule has 0 radical (unpaired) electrons. The standard InChI is InChI=1S/C15H19NO2/c1-10(2)16-8-7-12-5-4-6-13(14(12)16)9-11(3)15(17)18/h4-8,10-11H,9H2,1-3H3,(H,17,18). The number of carboxylic acids is 1. The Morgan fingerprint density at radius 2 is 2.00 bits per heavy atom. The first-order valence-corrected chi connectivity index (χ1v) is 6.32. The summed E-state index contributed by atoms with van der Waals surface area (Å²) in [7, 11) is 0. The molecule has 3 nitrogen and oxygen atoms in total. The number of rotatable bonds is 4. The normalized spacial score (nSPS) is 13.1. The van der Waals surface area contributed by atoms with E-state index in [4.69, 9.17) is 5.11 Å². The molecule has 18 heavy (non-hydrogen) atoms. The van der Waals surface area contributed by atoms with Crippen molar-refractivity contribution >= 4 is 16.9 Å². The summed E-state index contributed by atoms with van der Waals surface area (Å²) < 4.78 is 2.21. The van der Waals surface area contributed by atoms with E-state index in [1.807, 2.05) is 12.1 Å². The van der Waals surface area contributed by atoms with Crippen LogP contribution in [0.2, 0.25) is 0 Å². The minimum absolute atomic E-state index is 0.355. The van der Waals surface area contributed by atoms with E-state index >= 15 is 0 Å². The maximum atomic E-state index is 11.0. The van der Waals surface area contributed by atoms with Crippen molar-refractivity contribution in [3.05, 3.63) is 36.0 Å². The van der Waals surface area contributed by atoms with Crippen LogP contribution in [-0.4, -0.2) is 15.6 Å². The number of para-hydroxylation sites is 1. The molecule has 0 aliphatic heterocycles. The topological polar surface area (TPSA) is 42.2 Å². The van der Waals surface area contributed by atoms with E-state index in [1.54, 1.807) is 6.92 Å². The number of fused-ring (bicyclic) bond motifs is 1. The van der Waals surface area contributed by atoms with Gasteiger partial charge in [-0.2, -0.15) is 0 Å².